The molecule has 0 radical (unpaired) electrons. The highest BCUT2D eigenvalue weighted by Gasteiger charge is 2.27. The van der Waals surface area contributed by atoms with Gasteiger partial charge in [-0.15, -0.1) is 11.3 Å². The van der Waals surface area contributed by atoms with E-state index in [4.69, 9.17) is 0 Å². The molecule has 27 heavy (non-hydrogen) atoms. The lowest BCUT2D eigenvalue weighted by atomic mass is 9.93. The summed E-state index contributed by atoms with van der Waals surface area (Å²) in [5.74, 6) is -0.171. The number of nitrogens with zero attached hydrogens (tertiary/aromatic N) is 1. The van der Waals surface area contributed by atoms with Crippen LogP contribution in [0.25, 0.3) is 0 Å². The predicted molar refractivity (Wildman–Crippen MR) is 113 cm³/mol. The lowest BCUT2D eigenvalue weighted by Gasteiger charge is -2.16. The Labute approximate surface area is 165 Å². The van der Waals surface area contributed by atoms with Gasteiger partial charge >= 0.3 is 0 Å². The third kappa shape index (κ3) is 3.88. The highest BCUT2D eigenvalue weighted by Crippen LogP contribution is 2.37. The second-order valence-electron chi connectivity index (χ2n) is 6.82. The predicted octanol–water partition coefficient (Wildman–Crippen LogP) is 4.97. The van der Waals surface area contributed by atoms with Gasteiger partial charge in [0, 0.05) is 4.88 Å². The van der Waals surface area contributed by atoms with E-state index < -0.39 is 0 Å². The standard InChI is InChI=1S/C23H20NOPS/c24-15-20-18-12-7-13-21(18)27-23(20)26-22(25)19(17-10-5-2-6-11-17)14-16-8-3-1-4-9-16/h1-6,8-11,19,26H,7,12-14H2. The highest BCUT2D eigenvalue weighted by atomic mass is 32.1. The molecule has 2 aromatic carbocycles. The van der Waals surface area contributed by atoms with E-state index in [1.165, 1.54) is 16.0 Å². The van der Waals surface area contributed by atoms with Crippen molar-refractivity contribution in [1.29, 1.82) is 5.26 Å². The zero-order valence-electron chi connectivity index (χ0n) is 14.9. The molecule has 2 atom stereocenters. The van der Waals surface area contributed by atoms with Crippen molar-refractivity contribution >= 4 is 30.1 Å². The lowest BCUT2D eigenvalue weighted by molar-refractivity contribution is -0.112. The van der Waals surface area contributed by atoms with Gasteiger partial charge in [0.05, 0.1) is 16.1 Å². The van der Waals surface area contributed by atoms with Crippen LogP contribution in [-0.4, -0.2) is 5.52 Å². The van der Waals surface area contributed by atoms with Crippen molar-refractivity contribution < 1.29 is 4.79 Å². The van der Waals surface area contributed by atoms with Crippen molar-refractivity contribution in [2.24, 2.45) is 0 Å². The Morgan fingerprint density at radius 1 is 1.07 bits per heavy atom. The molecule has 2 nitrogen and oxygen atoms in total. The van der Waals surface area contributed by atoms with Crippen molar-refractivity contribution in [3.63, 3.8) is 0 Å². The van der Waals surface area contributed by atoms with Crippen LogP contribution in [0.2, 0.25) is 0 Å². The van der Waals surface area contributed by atoms with Crippen LogP contribution < -0.4 is 4.62 Å². The van der Waals surface area contributed by atoms with Gasteiger partial charge in [-0.1, -0.05) is 60.7 Å². The maximum Gasteiger partial charge on any atom is 0.164 e. The number of rotatable bonds is 6. The van der Waals surface area contributed by atoms with Gasteiger partial charge in [0.25, 0.3) is 0 Å². The molecule has 0 bridgehead atoms. The minimum Gasteiger partial charge on any atom is -0.294 e. The van der Waals surface area contributed by atoms with Crippen LogP contribution in [0.4, 0.5) is 0 Å². The van der Waals surface area contributed by atoms with Crippen LogP contribution in [0.3, 0.4) is 0 Å². The maximum absolute atomic E-state index is 13.3. The van der Waals surface area contributed by atoms with E-state index in [2.05, 4.69) is 18.2 Å². The molecular weight excluding hydrogens is 369 g/mol. The molecule has 4 rings (SSSR count). The lowest BCUT2D eigenvalue weighted by Crippen LogP contribution is -2.14. The SMILES string of the molecule is N#Cc1c(PC(=O)C(Cc2ccccc2)c2ccccc2)sc2c1CCC2. The number of hydrogen-bond donors (Lipinski definition) is 0. The van der Waals surface area contributed by atoms with Crippen molar-refractivity contribution in [3.8, 4) is 6.07 Å². The molecule has 0 amide bonds. The van der Waals surface area contributed by atoms with Gasteiger partial charge in [-0.3, -0.25) is 4.79 Å². The summed E-state index contributed by atoms with van der Waals surface area (Å²) >= 11 is 1.69. The van der Waals surface area contributed by atoms with Crippen molar-refractivity contribution in [1.82, 2.24) is 0 Å². The molecule has 0 N–H and O–H groups in total. The van der Waals surface area contributed by atoms with Crippen molar-refractivity contribution in [3.05, 3.63) is 87.8 Å². The molecule has 1 aliphatic carbocycles. The summed E-state index contributed by atoms with van der Waals surface area (Å²) in [5, 5.41) is 9.63. The minimum atomic E-state index is -0.171. The summed E-state index contributed by atoms with van der Waals surface area (Å²) in [6, 6.07) is 22.6. The molecule has 0 saturated heterocycles. The first-order valence-electron chi connectivity index (χ1n) is 9.20. The summed E-state index contributed by atoms with van der Waals surface area (Å²) in [5.41, 5.74) is 4.43. The first kappa shape index (κ1) is 18.1. The summed E-state index contributed by atoms with van der Waals surface area (Å²) in [4.78, 5) is 14.6. The smallest absolute Gasteiger partial charge is 0.164 e. The fourth-order valence-corrected chi connectivity index (χ4v) is 6.67. The average molecular weight is 389 g/mol. The molecule has 1 heterocycles. The Morgan fingerprint density at radius 2 is 1.78 bits per heavy atom. The molecule has 4 heteroatoms. The van der Waals surface area contributed by atoms with Gasteiger partial charge in [-0.05, 0) is 51.0 Å². The number of fused-ring (bicyclic) bond motifs is 1. The molecule has 1 aromatic heterocycles. The molecule has 3 aromatic rings. The van der Waals surface area contributed by atoms with E-state index in [0.717, 1.165) is 35.0 Å². The Balaban J connectivity index is 1.62. The quantitative estimate of drug-likeness (QED) is 0.559. The number of nitriles is 1. The van der Waals surface area contributed by atoms with Gasteiger partial charge in [0.2, 0.25) is 0 Å². The summed E-state index contributed by atoms with van der Waals surface area (Å²) in [6.07, 6.45) is 3.87. The normalized spacial score (nSPS) is 14.2. The maximum atomic E-state index is 13.3. The molecule has 0 saturated carbocycles. The molecule has 0 fully saturated rings. The molecular formula is C23H20NOPS. The fourth-order valence-electron chi connectivity index (χ4n) is 3.71. The summed E-state index contributed by atoms with van der Waals surface area (Å²) < 4.78 is 0.987. The number of carbonyl (C=O) groups is 1. The molecule has 134 valence electrons. The molecule has 1 aliphatic rings. The fraction of sp³-hybridized carbons (Fsp3) is 0.217. The van der Waals surface area contributed by atoms with E-state index in [1.807, 2.05) is 48.5 Å². The minimum absolute atomic E-state index is 0.0527. The van der Waals surface area contributed by atoms with Gasteiger partial charge in [-0.2, -0.15) is 5.26 Å². The van der Waals surface area contributed by atoms with Crippen molar-refractivity contribution in [2.75, 3.05) is 0 Å². The van der Waals surface area contributed by atoms with E-state index >= 15 is 0 Å². The zero-order chi connectivity index (χ0) is 18.6. The molecule has 2 unspecified atom stereocenters. The van der Waals surface area contributed by atoms with Crippen LogP contribution in [0, 0.1) is 11.3 Å². The van der Waals surface area contributed by atoms with Gasteiger partial charge in [-0.25, -0.2) is 0 Å². The topological polar surface area (TPSA) is 40.9 Å². The monoisotopic (exact) mass is 389 g/mol. The summed E-state index contributed by atoms with van der Waals surface area (Å²) in [6.45, 7) is 0. The second-order valence-corrected chi connectivity index (χ2v) is 9.53. The number of thiophene rings is 1. The van der Waals surface area contributed by atoms with Crippen LogP contribution in [-0.2, 0) is 24.1 Å². The molecule has 0 aliphatic heterocycles. The average Bonchev–Trinajstić information content (AvgIpc) is 3.28. The van der Waals surface area contributed by atoms with E-state index in [0.29, 0.717) is 6.42 Å². The third-order valence-electron chi connectivity index (χ3n) is 5.07. The second kappa shape index (κ2) is 8.17. The Hall–Kier alpha value is -2.27. The molecule has 0 spiro atoms. The number of aryl methyl sites for hydroxylation is 1. The third-order valence-corrected chi connectivity index (χ3v) is 7.86. The number of hydrogen-bond acceptors (Lipinski definition) is 3. The summed E-state index contributed by atoms with van der Waals surface area (Å²) in [7, 11) is 0.0527. The van der Waals surface area contributed by atoms with Crippen molar-refractivity contribution in [2.45, 2.75) is 31.6 Å². The first-order chi connectivity index (χ1) is 13.3. The van der Waals surface area contributed by atoms with Gasteiger partial charge in [0.15, 0.2) is 5.52 Å². The number of carbonyl (C=O) groups excluding carboxylic acids is 1. The highest BCUT2D eigenvalue weighted by molar-refractivity contribution is 7.71. The van der Waals surface area contributed by atoms with Gasteiger partial charge < -0.3 is 0 Å². The number of benzene rings is 2. The van der Waals surface area contributed by atoms with Crippen LogP contribution in [0.15, 0.2) is 60.7 Å². The van der Waals surface area contributed by atoms with E-state index in [-0.39, 0.29) is 20.0 Å². The Kier molecular flexibility index (Phi) is 5.48. The Bertz CT molecular complexity index is 988. The van der Waals surface area contributed by atoms with Crippen LogP contribution >= 0.6 is 19.9 Å². The zero-order valence-corrected chi connectivity index (χ0v) is 16.8. The van der Waals surface area contributed by atoms with Crippen LogP contribution in [0.5, 0.6) is 0 Å². The van der Waals surface area contributed by atoms with E-state index in [9.17, 15) is 10.1 Å². The Morgan fingerprint density at radius 3 is 2.48 bits per heavy atom. The van der Waals surface area contributed by atoms with Crippen LogP contribution in [0.1, 0.15) is 39.5 Å². The van der Waals surface area contributed by atoms with E-state index in [1.54, 1.807) is 11.3 Å². The first-order valence-corrected chi connectivity index (χ1v) is 11.0. The largest absolute Gasteiger partial charge is 0.294 e. The van der Waals surface area contributed by atoms with Gasteiger partial charge in [0.1, 0.15) is 6.07 Å².